The van der Waals surface area contributed by atoms with Crippen LogP contribution in [-0.4, -0.2) is 30.1 Å². The summed E-state index contributed by atoms with van der Waals surface area (Å²) < 4.78 is 0.425. The van der Waals surface area contributed by atoms with E-state index in [0.29, 0.717) is 10.6 Å². The summed E-state index contributed by atoms with van der Waals surface area (Å²) in [5, 5.41) is 6.43. The van der Waals surface area contributed by atoms with Gasteiger partial charge in [0.05, 0.1) is 11.1 Å². The van der Waals surface area contributed by atoms with Gasteiger partial charge in [0, 0.05) is 18.6 Å². The van der Waals surface area contributed by atoms with Crippen molar-refractivity contribution < 1.29 is 0 Å². The van der Waals surface area contributed by atoms with E-state index in [-0.39, 0.29) is 0 Å². The zero-order valence-corrected chi connectivity index (χ0v) is 10.0. The zero-order chi connectivity index (χ0) is 11.7. The molecule has 3 aromatic rings. The number of nitrogens with one attached hydrogen (secondary N) is 2. The van der Waals surface area contributed by atoms with Crippen LogP contribution in [0.3, 0.4) is 0 Å². The molecule has 84 valence electrons. The average molecular weight is 262 g/mol. The van der Waals surface area contributed by atoms with Crippen LogP contribution >= 0.6 is 23.6 Å². The molecular formula is C9H6N6S2. The average Bonchev–Trinajstić information content (AvgIpc) is 2.98. The van der Waals surface area contributed by atoms with Gasteiger partial charge in [-0.15, -0.1) is 11.3 Å². The molecule has 6 nitrogen and oxygen atoms in total. The Hall–Kier alpha value is -1.93. The summed E-state index contributed by atoms with van der Waals surface area (Å²) in [5.74, 6) is 0.683. The van der Waals surface area contributed by atoms with Gasteiger partial charge in [0.1, 0.15) is 10.7 Å². The summed E-state index contributed by atoms with van der Waals surface area (Å²) in [6.45, 7) is 0. The van der Waals surface area contributed by atoms with Crippen molar-refractivity contribution >= 4 is 23.6 Å². The minimum atomic E-state index is 0.425. The lowest BCUT2D eigenvalue weighted by molar-refractivity contribution is 1.08. The molecule has 0 radical (unpaired) electrons. The first kappa shape index (κ1) is 10.2. The van der Waals surface area contributed by atoms with E-state index in [9.17, 15) is 0 Å². The fourth-order valence-electron chi connectivity index (χ4n) is 1.30. The van der Waals surface area contributed by atoms with Crippen molar-refractivity contribution in [3.05, 3.63) is 29.6 Å². The van der Waals surface area contributed by atoms with Gasteiger partial charge in [-0.25, -0.2) is 4.98 Å². The van der Waals surface area contributed by atoms with Gasteiger partial charge >= 0.3 is 0 Å². The van der Waals surface area contributed by atoms with E-state index in [1.165, 1.54) is 11.3 Å². The van der Waals surface area contributed by atoms with Gasteiger partial charge in [0.15, 0.2) is 5.82 Å². The highest BCUT2D eigenvalue weighted by atomic mass is 32.1. The molecule has 0 atom stereocenters. The van der Waals surface area contributed by atoms with Crippen LogP contribution in [0, 0.1) is 4.77 Å². The van der Waals surface area contributed by atoms with Crippen molar-refractivity contribution in [3.8, 4) is 21.4 Å². The Balaban J connectivity index is 2.01. The number of hydrogen-bond donors (Lipinski definition) is 2. The van der Waals surface area contributed by atoms with Gasteiger partial charge in [-0.2, -0.15) is 4.98 Å². The van der Waals surface area contributed by atoms with E-state index in [4.69, 9.17) is 12.2 Å². The second kappa shape index (κ2) is 4.15. The molecule has 8 heteroatoms. The van der Waals surface area contributed by atoms with Gasteiger partial charge < -0.3 is 0 Å². The molecular weight excluding hydrogens is 256 g/mol. The number of aromatic amines is 2. The highest BCUT2D eigenvalue weighted by Gasteiger charge is 2.09. The van der Waals surface area contributed by atoms with E-state index in [0.717, 1.165) is 15.6 Å². The molecule has 0 spiro atoms. The summed E-state index contributed by atoms with van der Waals surface area (Å²) >= 11 is 6.38. The Labute approximate surface area is 105 Å². The third-order valence-electron chi connectivity index (χ3n) is 2.02. The van der Waals surface area contributed by atoms with E-state index in [2.05, 4.69) is 30.1 Å². The standard InChI is InChI=1S/C9H6N6S2/c16-9-13-7(14-15-9)6-4-12-8(17-6)5-3-10-1-2-11-5/h1-4H,(H2,13,14,15,16). The van der Waals surface area contributed by atoms with Crippen molar-refractivity contribution in [3.63, 3.8) is 0 Å². The minimum Gasteiger partial charge on any atom is -0.281 e. The van der Waals surface area contributed by atoms with Crippen molar-refractivity contribution in [1.29, 1.82) is 0 Å². The normalized spacial score (nSPS) is 10.6. The van der Waals surface area contributed by atoms with E-state index in [1.807, 2.05) is 0 Å². The number of thiazole rings is 1. The van der Waals surface area contributed by atoms with Crippen LogP contribution in [0.1, 0.15) is 0 Å². The van der Waals surface area contributed by atoms with Crippen LogP contribution in [-0.2, 0) is 0 Å². The summed E-state index contributed by atoms with van der Waals surface area (Å²) in [6.07, 6.45) is 6.67. The largest absolute Gasteiger partial charge is 0.281 e. The topological polar surface area (TPSA) is 83.1 Å². The molecule has 0 fully saturated rings. The zero-order valence-electron chi connectivity index (χ0n) is 8.41. The van der Waals surface area contributed by atoms with Gasteiger partial charge in [-0.1, -0.05) is 0 Å². The Morgan fingerprint density at radius 1 is 1.12 bits per heavy atom. The molecule has 3 aromatic heterocycles. The van der Waals surface area contributed by atoms with Crippen molar-refractivity contribution in [2.24, 2.45) is 0 Å². The molecule has 0 aromatic carbocycles. The fraction of sp³-hybridized carbons (Fsp3) is 0. The summed E-state index contributed by atoms with van der Waals surface area (Å²) in [6, 6.07) is 0. The second-order valence-electron chi connectivity index (χ2n) is 3.14. The molecule has 0 aliphatic carbocycles. The van der Waals surface area contributed by atoms with Crippen molar-refractivity contribution in [2.45, 2.75) is 0 Å². The molecule has 3 rings (SSSR count). The molecule has 0 saturated heterocycles. The summed E-state index contributed by atoms with van der Waals surface area (Å²) in [4.78, 5) is 17.5. The lowest BCUT2D eigenvalue weighted by atomic mass is 10.5. The monoisotopic (exact) mass is 262 g/mol. The number of H-pyrrole nitrogens is 2. The predicted molar refractivity (Wildman–Crippen MR) is 65.9 cm³/mol. The quantitative estimate of drug-likeness (QED) is 0.691. The number of hydrogen-bond acceptors (Lipinski definition) is 6. The van der Waals surface area contributed by atoms with Crippen LogP contribution in [0.2, 0.25) is 0 Å². The second-order valence-corrected chi connectivity index (χ2v) is 4.55. The maximum atomic E-state index is 4.90. The third kappa shape index (κ3) is 1.99. The van der Waals surface area contributed by atoms with Crippen LogP contribution in [0.5, 0.6) is 0 Å². The van der Waals surface area contributed by atoms with E-state index in [1.54, 1.807) is 24.8 Å². The lowest BCUT2D eigenvalue weighted by Gasteiger charge is -1.91. The molecule has 2 N–H and O–H groups in total. The SMILES string of the molecule is S=c1nc(-c2cnc(-c3cnccn3)s2)[nH][nH]1. The number of nitrogens with zero attached hydrogens (tertiary/aromatic N) is 4. The van der Waals surface area contributed by atoms with E-state index < -0.39 is 0 Å². The van der Waals surface area contributed by atoms with Gasteiger partial charge in [-0.05, 0) is 12.2 Å². The predicted octanol–water partition coefficient (Wildman–Crippen LogP) is 2.05. The summed E-state index contributed by atoms with van der Waals surface area (Å²) in [7, 11) is 0. The minimum absolute atomic E-state index is 0.425. The smallest absolute Gasteiger partial charge is 0.213 e. The maximum absolute atomic E-state index is 4.90. The first-order valence-corrected chi connectivity index (χ1v) is 5.93. The number of rotatable bonds is 2. The molecule has 0 aliphatic rings. The molecule has 17 heavy (non-hydrogen) atoms. The van der Waals surface area contributed by atoms with Crippen LogP contribution < -0.4 is 0 Å². The Bertz CT molecular complexity index is 683. The van der Waals surface area contributed by atoms with Crippen LogP contribution in [0.15, 0.2) is 24.8 Å². The molecule has 0 aliphatic heterocycles. The third-order valence-corrected chi connectivity index (χ3v) is 3.24. The fourth-order valence-corrected chi connectivity index (χ4v) is 2.26. The highest BCUT2D eigenvalue weighted by Crippen LogP contribution is 2.28. The van der Waals surface area contributed by atoms with Gasteiger partial charge in [0.25, 0.3) is 0 Å². The van der Waals surface area contributed by atoms with Gasteiger partial charge in [0.2, 0.25) is 4.77 Å². The van der Waals surface area contributed by atoms with Gasteiger partial charge in [-0.3, -0.25) is 20.2 Å². The molecule has 0 amide bonds. The van der Waals surface area contributed by atoms with Crippen LogP contribution in [0.25, 0.3) is 21.4 Å². The molecule has 3 heterocycles. The Kier molecular flexibility index (Phi) is 2.50. The summed E-state index contributed by atoms with van der Waals surface area (Å²) in [5.41, 5.74) is 0.748. The lowest BCUT2D eigenvalue weighted by Crippen LogP contribution is -1.81. The molecule has 0 bridgehead atoms. The maximum Gasteiger partial charge on any atom is 0.213 e. The highest BCUT2D eigenvalue weighted by molar-refractivity contribution is 7.71. The Morgan fingerprint density at radius 3 is 2.76 bits per heavy atom. The molecule has 0 saturated carbocycles. The number of aromatic nitrogens is 6. The molecule has 0 unspecified atom stereocenters. The first-order valence-electron chi connectivity index (χ1n) is 4.70. The first-order chi connectivity index (χ1) is 8.33. The van der Waals surface area contributed by atoms with Crippen molar-refractivity contribution in [2.75, 3.05) is 0 Å². The Morgan fingerprint density at radius 2 is 2.06 bits per heavy atom. The van der Waals surface area contributed by atoms with Crippen molar-refractivity contribution in [1.82, 2.24) is 30.1 Å². The van der Waals surface area contributed by atoms with E-state index >= 15 is 0 Å². The van der Waals surface area contributed by atoms with Crippen LogP contribution in [0.4, 0.5) is 0 Å².